The Hall–Kier alpha value is -1.51. The predicted octanol–water partition coefficient (Wildman–Crippen LogP) is 4.96. The first kappa shape index (κ1) is 18.5. The SMILES string of the molecule is CCC(C)(C)c1ccc(OC(C)OC=O)c(C(C)(C)CC)c1. The summed E-state index contributed by atoms with van der Waals surface area (Å²) in [7, 11) is 0. The van der Waals surface area contributed by atoms with Gasteiger partial charge in [0.05, 0.1) is 0 Å². The zero-order valence-corrected chi connectivity index (χ0v) is 15.0. The second-order valence-corrected chi connectivity index (χ2v) is 7.10. The van der Waals surface area contributed by atoms with E-state index >= 15 is 0 Å². The van der Waals surface area contributed by atoms with E-state index in [0.29, 0.717) is 6.47 Å². The van der Waals surface area contributed by atoms with Crippen molar-refractivity contribution in [2.45, 2.75) is 78.4 Å². The van der Waals surface area contributed by atoms with Crippen molar-refractivity contribution < 1.29 is 14.3 Å². The van der Waals surface area contributed by atoms with Crippen LogP contribution < -0.4 is 4.74 Å². The van der Waals surface area contributed by atoms with E-state index in [9.17, 15) is 4.79 Å². The number of rotatable bonds is 8. The topological polar surface area (TPSA) is 35.5 Å². The highest BCUT2D eigenvalue weighted by Gasteiger charge is 2.27. The molecule has 0 bridgehead atoms. The molecule has 0 heterocycles. The lowest BCUT2D eigenvalue weighted by molar-refractivity contribution is -0.145. The summed E-state index contributed by atoms with van der Waals surface area (Å²) in [6.45, 7) is 15.5. The summed E-state index contributed by atoms with van der Waals surface area (Å²) in [4.78, 5) is 10.5. The van der Waals surface area contributed by atoms with Gasteiger partial charge in [-0.3, -0.25) is 4.79 Å². The van der Waals surface area contributed by atoms with Crippen molar-refractivity contribution in [3.05, 3.63) is 29.3 Å². The first-order valence-electron chi connectivity index (χ1n) is 8.08. The minimum absolute atomic E-state index is 0.00391. The molecule has 124 valence electrons. The highest BCUT2D eigenvalue weighted by Crippen LogP contribution is 2.38. The molecule has 0 aliphatic rings. The van der Waals surface area contributed by atoms with E-state index in [1.165, 1.54) is 5.56 Å². The van der Waals surface area contributed by atoms with Crippen molar-refractivity contribution in [3.63, 3.8) is 0 Å². The molecule has 1 aromatic carbocycles. The van der Waals surface area contributed by atoms with Crippen LogP contribution >= 0.6 is 0 Å². The van der Waals surface area contributed by atoms with Crippen LogP contribution in [-0.4, -0.2) is 12.8 Å². The number of benzene rings is 1. The van der Waals surface area contributed by atoms with Gasteiger partial charge in [-0.05, 0) is 35.3 Å². The number of carbonyl (C=O) groups is 1. The standard InChI is InChI=1S/C19H30O3/c1-8-18(4,5)15-10-11-17(22-14(3)21-13-20)16(12-15)19(6,7)9-2/h10-14H,8-9H2,1-7H3. The average molecular weight is 306 g/mol. The molecular formula is C19H30O3. The second-order valence-electron chi connectivity index (χ2n) is 7.10. The Kier molecular flexibility index (Phi) is 6.04. The first-order chi connectivity index (χ1) is 10.2. The molecule has 1 atom stereocenters. The summed E-state index contributed by atoms with van der Waals surface area (Å²) in [5.41, 5.74) is 2.59. The molecule has 3 nitrogen and oxygen atoms in total. The zero-order valence-electron chi connectivity index (χ0n) is 15.0. The van der Waals surface area contributed by atoms with Crippen LogP contribution in [0.3, 0.4) is 0 Å². The Labute approximate surface area is 135 Å². The van der Waals surface area contributed by atoms with Gasteiger partial charge in [0, 0.05) is 12.5 Å². The van der Waals surface area contributed by atoms with E-state index in [2.05, 4.69) is 53.7 Å². The van der Waals surface area contributed by atoms with Gasteiger partial charge in [-0.2, -0.15) is 0 Å². The van der Waals surface area contributed by atoms with Crippen LogP contribution in [0, 0.1) is 0 Å². The highest BCUT2D eigenvalue weighted by molar-refractivity contribution is 5.44. The van der Waals surface area contributed by atoms with Crippen molar-refractivity contribution in [3.8, 4) is 5.75 Å². The highest BCUT2D eigenvalue weighted by atomic mass is 16.7. The van der Waals surface area contributed by atoms with Gasteiger partial charge < -0.3 is 9.47 Å². The zero-order chi connectivity index (χ0) is 17.0. The largest absolute Gasteiger partial charge is 0.455 e. The summed E-state index contributed by atoms with van der Waals surface area (Å²) < 4.78 is 10.7. The quantitative estimate of drug-likeness (QED) is 0.503. The third kappa shape index (κ3) is 4.25. The van der Waals surface area contributed by atoms with Gasteiger partial charge in [-0.15, -0.1) is 0 Å². The fourth-order valence-electron chi connectivity index (χ4n) is 2.26. The first-order valence-corrected chi connectivity index (χ1v) is 8.08. The summed E-state index contributed by atoms with van der Waals surface area (Å²) in [6, 6.07) is 6.36. The van der Waals surface area contributed by atoms with E-state index in [1.54, 1.807) is 6.92 Å². The van der Waals surface area contributed by atoms with Gasteiger partial charge >= 0.3 is 0 Å². The summed E-state index contributed by atoms with van der Waals surface area (Å²) in [5.74, 6) is 0.789. The fourth-order valence-corrected chi connectivity index (χ4v) is 2.26. The maximum atomic E-state index is 10.5. The Morgan fingerprint density at radius 1 is 1.09 bits per heavy atom. The minimum Gasteiger partial charge on any atom is -0.455 e. The van der Waals surface area contributed by atoms with E-state index in [0.717, 1.165) is 24.2 Å². The van der Waals surface area contributed by atoms with Crippen LogP contribution in [0.2, 0.25) is 0 Å². The lowest BCUT2D eigenvalue weighted by Gasteiger charge is -2.31. The molecule has 0 aliphatic heterocycles. The molecule has 0 saturated carbocycles. The van der Waals surface area contributed by atoms with E-state index in [-0.39, 0.29) is 10.8 Å². The third-order valence-electron chi connectivity index (χ3n) is 4.80. The van der Waals surface area contributed by atoms with Gasteiger partial charge in [0.15, 0.2) is 0 Å². The summed E-state index contributed by atoms with van der Waals surface area (Å²) in [6.07, 6.45) is 1.49. The Morgan fingerprint density at radius 3 is 2.18 bits per heavy atom. The van der Waals surface area contributed by atoms with E-state index < -0.39 is 6.29 Å². The van der Waals surface area contributed by atoms with Crippen LogP contribution in [0.5, 0.6) is 5.75 Å². The Morgan fingerprint density at radius 2 is 1.68 bits per heavy atom. The molecule has 0 aliphatic carbocycles. The molecule has 0 saturated heterocycles. The van der Waals surface area contributed by atoms with Crippen molar-refractivity contribution >= 4 is 6.47 Å². The molecule has 0 spiro atoms. The molecule has 0 amide bonds. The van der Waals surface area contributed by atoms with Crippen LogP contribution in [0.1, 0.15) is 72.4 Å². The maximum absolute atomic E-state index is 10.5. The molecule has 3 heteroatoms. The van der Waals surface area contributed by atoms with Crippen molar-refractivity contribution in [2.75, 3.05) is 0 Å². The average Bonchev–Trinajstić information content (AvgIpc) is 2.47. The van der Waals surface area contributed by atoms with Crippen molar-refractivity contribution in [2.24, 2.45) is 0 Å². The molecule has 0 aromatic heterocycles. The van der Waals surface area contributed by atoms with Gasteiger partial charge in [-0.25, -0.2) is 0 Å². The third-order valence-corrected chi connectivity index (χ3v) is 4.80. The number of carbonyl (C=O) groups excluding carboxylic acids is 1. The molecule has 0 fully saturated rings. The Bertz CT molecular complexity index is 503. The molecule has 1 rings (SSSR count). The number of hydrogen-bond donors (Lipinski definition) is 0. The lowest BCUT2D eigenvalue weighted by atomic mass is 9.76. The molecule has 1 unspecified atom stereocenters. The summed E-state index contributed by atoms with van der Waals surface area (Å²) in [5, 5.41) is 0. The Balaban J connectivity index is 3.30. The number of ether oxygens (including phenoxy) is 2. The lowest BCUT2D eigenvalue weighted by Crippen LogP contribution is -2.23. The van der Waals surface area contributed by atoms with Crippen LogP contribution in [0.4, 0.5) is 0 Å². The van der Waals surface area contributed by atoms with Gasteiger partial charge in [0.1, 0.15) is 5.75 Å². The smallest absolute Gasteiger partial charge is 0.296 e. The molecule has 0 N–H and O–H groups in total. The minimum atomic E-state index is -0.589. The van der Waals surface area contributed by atoms with E-state index in [4.69, 9.17) is 9.47 Å². The van der Waals surface area contributed by atoms with Crippen LogP contribution in [-0.2, 0) is 20.4 Å². The maximum Gasteiger partial charge on any atom is 0.296 e. The fraction of sp³-hybridized carbons (Fsp3) is 0.632. The summed E-state index contributed by atoms with van der Waals surface area (Å²) >= 11 is 0. The predicted molar refractivity (Wildman–Crippen MR) is 90.3 cm³/mol. The van der Waals surface area contributed by atoms with E-state index in [1.807, 2.05) is 6.07 Å². The second kappa shape index (κ2) is 7.17. The molecule has 22 heavy (non-hydrogen) atoms. The van der Waals surface area contributed by atoms with Crippen molar-refractivity contribution in [1.82, 2.24) is 0 Å². The molecule has 0 radical (unpaired) electrons. The number of hydrogen-bond acceptors (Lipinski definition) is 3. The van der Waals surface area contributed by atoms with Gasteiger partial charge in [0.2, 0.25) is 6.29 Å². The monoisotopic (exact) mass is 306 g/mol. The molecule has 1 aromatic rings. The van der Waals surface area contributed by atoms with Crippen molar-refractivity contribution in [1.29, 1.82) is 0 Å². The van der Waals surface area contributed by atoms with Crippen LogP contribution in [0.15, 0.2) is 18.2 Å². The van der Waals surface area contributed by atoms with Gasteiger partial charge in [0.25, 0.3) is 6.47 Å². The molecular weight excluding hydrogens is 276 g/mol. The van der Waals surface area contributed by atoms with Gasteiger partial charge in [-0.1, -0.05) is 53.7 Å². The normalized spacial score (nSPS) is 13.6. The van der Waals surface area contributed by atoms with Crippen LogP contribution in [0.25, 0.3) is 0 Å².